The molecule has 1 fully saturated rings. The van der Waals surface area contributed by atoms with Crippen LogP contribution in [0.25, 0.3) is 0 Å². The minimum atomic E-state index is -0.813. The maximum Gasteiger partial charge on any atom is 0.290 e. The Morgan fingerprint density at radius 1 is 1.37 bits per heavy atom. The van der Waals surface area contributed by atoms with E-state index in [1.807, 2.05) is 0 Å². The van der Waals surface area contributed by atoms with Crippen molar-refractivity contribution < 1.29 is 29.1 Å². The third kappa shape index (κ3) is 6.01. The van der Waals surface area contributed by atoms with Crippen LogP contribution in [0.15, 0.2) is 33.7 Å². The van der Waals surface area contributed by atoms with Crippen molar-refractivity contribution >= 4 is 18.3 Å². The quantitative estimate of drug-likeness (QED) is 0.473. The third-order valence-electron chi connectivity index (χ3n) is 4.68. The second-order valence-electron chi connectivity index (χ2n) is 6.93. The first kappa shape index (κ1) is 22.8. The normalized spacial score (nSPS) is 20.0. The number of aliphatic hydroxyl groups is 1. The minimum absolute atomic E-state index is 0.200. The summed E-state index contributed by atoms with van der Waals surface area (Å²) < 4.78 is 6.26. The van der Waals surface area contributed by atoms with Crippen LogP contribution in [0.5, 0.6) is 0 Å². The summed E-state index contributed by atoms with van der Waals surface area (Å²) in [5.41, 5.74) is 0.726. The van der Waals surface area contributed by atoms with Gasteiger partial charge in [0.05, 0.1) is 24.3 Å². The van der Waals surface area contributed by atoms with Crippen LogP contribution in [-0.4, -0.2) is 50.4 Å². The first-order valence-electron chi connectivity index (χ1n) is 9.18. The molecule has 0 bridgehead atoms. The van der Waals surface area contributed by atoms with Gasteiger partial charge in [0, 0.05) is 31.3 Å². The van der Waals surface area contributed by atoms with Gasteiger partial charge in [0.15, 0.2) is 0 Å². The number of carboxylic acid groups (broad SMARTS) is 1. The maximum absolute atomic E-state index is 12.3. The van der Waals surface area contributed by atoms with Crippen LogP contribution in [0.2, 0.25) is 0 Å². The van der Waals surface area contributed by atoms with Gasteiger partial charge in [-0.25, -0.2) is 0 Å². The predicted octanol–water partition coefficient (Wildman–Crippen LogP) is -0.432. The lowest BCUT2D eigenvalue weighted by atomic mass is 10.1. The summed E-state index contributed by atoms with van der Waals surface area (Å²) in [6.45, 7) is 1.77. The van der Waals surface area contributed by atoms with Crippen molar-refractivity contribution in [1.29, 1.82) is 0 Å². The number of aliphatic hydroxyl groups excluding tert-OH is 1. The second kappa shape index (κ2) is 10.3. The van der Waals surface area contributed by atoms with E-state index >= 15 is 0 Å². The zero-order chi connectivity index (χ0) is 22.3. The average Bonchev–Trinajstić information content (AvgIpc) is 3.28. The van der Waals surface area contributed by atoms with E-state index in [4.69, 9.17) is 14.4 Å². The molecule has 2 amide bonds. The van der Waals surface area contributed by atoms with E-state index in [-0.39, 0.29) is 30.9 Å². The molecule has 1 saturated carbocycles. The number of amides is 2. The Kier molecular flexibility index (Phi) is 7.87. The molecule has 0 radical (unpaired) electrons. The molecule has 11 nitrogen and oxygen atoms in total. The Hall–Kier alpha value is -3.47. The maximum atomic E-state index is 12.3. The van der Waals surface area contributed by atoms with Gasteiger partial charge in [-0.15, -0.1) is 0 Å². The molecule has 4 N–H and O–H groups in total. The van der Waals surface area contributed by atoms with Gasteiger partial charge < -0.3 is 29.9 Å². The van der Waals surface area contributed by atoms with Gasteiger partial charge in [-0.1, -0.05) is 5.16 Å². The molecule has 0 spiro atoms. The zero-order valence-corrected chi connectivity index (χ0v) is 16.6. The first-order valence-corrected chi connectivity index (χ1v) is 9.18. The van der Waals surface area contributed by atoms with Crippen LogP contribution >= 0.6 is 0 Å². The Labute approximate surface area is 171 Å². The summed E-state index contributed by atoms with van der Waals surface area (Å²) in [5.74, 6) is -0.336. The van der Waals surface area contributed by atoms with E-state index in [0.29, 0.717) is 23.4 Å². The molecule has 162 valence electrons. The summed E-state index contributed by atoms with van der Waals surface area (Å²) in [4.78, 5) is 44.4. The zero-order valence-electron chi connectivity index (χ0n) is 16.6. The van der Waals surface area contributed by atoms with Gasteiger partial charge in [-0.3, -0.25) is 19.2 Å². The molecule has 11 heteroatoms. The monoisotopic (exact) mass is 420 g/mol. The molecular formula is C19H24N4O7. The van der Waals surface area contributed by atoms with Crippen molar-refractivity contribution in [3.63, 3.8) is 0 Å². The molecular weight excluding hydrogens is 396 g/mol. The summed E-state index contributed by atoms with van der Waals surface area (Å²) in [5, 5.41) is 26.4. The van der Waals surface area contributed by atoms with Gasteiger partial charge in [-0.05, 0) is 25.8 Å². The molecule has 3 atom stereocenters. The van der Waals surface area contributed by atoms with Crippen LogP contribution in [0.3, 0.4) is 0 Å². The highest BCUT2D eigenvalue weighted by atomic mass is 16.5. The largest absolute Gasteiger partial charge is 0.483 e. The highest BCUT2D eigenvalue weighted by molar-refractivity contribution is 5.94. The number of carbonyl (C=O) groups excluding carboxylic acids is 2. The molecule has 1 aliphatic carbocycles. The van der Waals surface area contributed by atoms with Crippen molar-refractivity contribution in [2.75, 3.05) is 0 Å². The van der Waals surface area contributed by atoms with Crippen LogP contribution < -0.4 is 16.2 Å². The molecule has 0 unspecified atom stereocenters. The van der Waals surface area contributed by atoms with Gasteiger partial charge >= 0.3 is 0 Å². The molecule has 0 saturated heterocycles. The molecule has 30 heavy (non-hydrogen) atoms. The smallest absolute Gasteiger partial charge is 0.290 e. The fourth-order valence-electron chi connectivity index (χ4n) is 3.19. The Balaban J connectivity index is 0.00000101. The van der Waals surface area contributed by atoms with Gasteiger partial charge in [-0.2, -0.15) is 0 Å². The van der Waals surface area contributed by atoms with Crippen LogP contribution in [0.1, 0.15) is 34.7 Å². The topological polar surface area (TPSA) is 164 Å². The predicted molar refractivity (Wildman–Crippen MR) is 103 cm³/mol. The van der Waals surface area contributed by atoms with E-state index in [2.05, 4.69) is 15.8 Å². The lowest BCUT2D eigenvalue weighted by Crippen LogP contribution is -2.40. The fourth-order valence-corrected chi connectivity index (χ4v) is 3.19. The number of hydrogen-bond donors (Lipinski definition) is 4. The van der Waals surface area contributed by atoms with Crippen LogP contribution in [0.4, 0.5) is 0 Å². The molecule has 2 aromatic rings. The van der Waals surface area contributed by atoms with Crippen molar-refractivity contribution in [2.45, 2.75) is 38.5 Å². The standard InChI is InChI=1S/C18H22N4O5.CH2O2/c1-10-5-13(21-27-10)8-19-17(25)12-6-14(15(23)7-12)20-18(26)11-3-4-16(24)22(2)9-11;2-1-3/h3-5,9,12,14-15,23H,6-8H2,1-2H3,(H,19,25)(H,20,26);1H,(H,2,3)/t12-,14+,15+;/m0./s1. The van der Waals surface area contributed by atoms with Crippen molar-refractivity contribution in [3.05, 3.63) is 51.8 Å². The number of nitrogens with zero attached hydrogens (tertiary/aromatic N) is 2. The number of rotatable bonds is 5. The van der Waals surface area contributed by atoms with Gasteiger partial charge in [0.2, 0.25) is 11.5 Å². The van der Waals surface area contributed by atoms with Crippen LogP contribution in [-0.2, 0) is 23.2 Å². The fraction of sp³-hybridized carbons (Fsp3) is 0.421. The van der Waals surface area contributed by atoms with E-state index in [9.17, 15) is 19.5 Å². The first-order chi connectivity index (χ1) is 14.2. The summed E-state index contributed by atoms with van der Waals surface area (Å²) in [7, 11) is 1.56. The summed E-state index contributed by atoms with van der Waals surface area (Å²) in [6, 6.07) is 3.95. The van der Waals surface area contributed by atoms with Crippen molar-refractivity contribution in [1.82, 2.24) is 20.4 Å². The van der Waals surface area contributed by atoms with E-state index in [1.54, 1.807) is 20.0 Å². The van der Waals surface area contributed by atoms with E-state index < -0.39 is 24.0 Å². The van der Waals surface area contributed by atoms with E-state index in [0.717, 1.165) is 0 Å². The molecule has 3 rings (SSSR count). The van der Waals surface area contributed by atoms with Gasteiger partial charge in [0.25, 0.3) is 12.4 Å². The van der Waals surface area contributed by atoms with E-state index in [1.165, 1.54) is 22.9 Å². The Bertz CT molecular complexity index is 952. The third-order valence-corrected chi connectivity index (χ3v) is 4.68. The summed E-state index contributed by atoms with van der Waals surface area (Å²) >= 11 is 0. The molecule has 1 aliphatic rings. The number of aromatic nitrogens is 2. The number of carbonyl (C=O) groups is 3. The lowest BCUT2D eigenvalue weighted by Gasteiger charge is -2.16. The van der Waals surface area contributed by atoms with Crippen LogP contribution in [0, 0.1) is 12.8 Å². The Morgan fingerprint density at radius 2 is 2.07 bits per heavy atom. The second-order valence-corrected chi connectivity index (χ2v) is 6.93. The molecule has 0 aliphatic heterocycles. The van der Waals surface area contributed by atoms with Gasteiger partial charge in [0.1, 0.15) is 11.5 Å². The number of hydrogen-bond acceptors (Lipinski definition) is 7. The SMILES string of the molecule is Cc1cc(CNC(=O)[C@@H]2C[C@@H](O)[C@H](NC(=O)c3ccc(=O)n(C)c3)C2)no1.O=CO. The Morgan fingerprint density at radius 3 is 2.67 bits per heavy atom. The highest BCUT2D eigenvalue weighted by Crippen LogP contribution is 2.26. The number of pyridine rings is 1. The highest BCUT2D eigenvalue weighted by Gasteiger charge is 2.37. The van der Waals surface area contributed by atoms with Crippen molar-refractivity contribution in [3.8, 4) is 0 Å². The number of aryl methyl sites for hydroxylation is 2. The molecule has 0 aromatic carbocycles. The van der Waals surface area contributed by atoms with Crippen molar-refractivity contribution in [2.24, 2.45) is 13.0 Å². The molecule has 2 aromatic heterocycles. The molecule has 2 heterocycles. The average molecular weight is 420 g/mol. The lowest BCUT2D eigenvalue weighted by molar-refractivity contribution is -0.125. The number of nitrogens with one attached hydrogen (secondary N) is 2. The minimum Gasteiger partial charge on any atom is -0.483 e. The summed E-state index contributed by atoms with van der Waals surface area (Å²) in [6.07, 6.45) is 1.22.